The first-order valence-corrected chi connectivity index (χ1v) is 5.80. The molecule has 1 amide bonds. The fourth-order valence-corrected chi connectivity index (χ4v) is 1.52. The molecule has 1 aromatic heterocycles. The number of methoxy groups -OCH3 is 1. The molecule has 1 rings (SSSR count). The summed E-state index contributed by atoms with van der Waals surface area (Å²) in [7, 11) is 1.56. The highest BCUT2D eigenvalue weighted by Crippen LogP contribution is 2.13. The van der Waals surface area contributed by atoms with Crippen LogP contribution in [-0.2, 0) is 4.74 Å². The molecule has 0 radical (unpaired) electrons. The summed E-state index contributed by atoms with van der Waals surface area (Å²) >= 11 is 3.27. The highest BCUT2D eigenvalue weighted by atomic mass is 79.9. The van der Waals surface area contributed by atoms with Crippen LogP contribution in [0.15, 0.2) is 18.5 Å². The van der Waals surface area contributed by atoms with E-state index < -0.39 is 0 Å². The lowest BCUT2D eigenvalue weighted by Gasteiger charge is -2.15. The first-order chi connectivity index (χ1) is 7.69. The van der Waals surface area contributed by atoms with E-state index in [1.165, 1.54) is 18.5 Å². The molecule has 0 saturated heterocycles. The SMILES string of the molecule is COCC(CBr)NC(=O)c1ccncc1O. The number of alkyl halides is 1. The number of nitrogens with one attached hydrogen (secondary N) is 1. The molecule has 88 valence electrons. The Morgan fingerprint density at radius 3 is 3.06 bits per heavy atom. The fourth-order valence-electron chi connectivity index (χ4n) is 1.17. The van der Waals surface area contributed by atoms with Crippen molar-refractivity contribution in [3.05, 3.63) is 24.0 Å². The number of rotatable bonds is 5. The minimum atomic E-state index is -0.346. The van der Waals surface area contributed by atoms with Gasteiger partial charge in [0.15, 0.2) is 0 Å². The van der Waals surface area contributed by atoms with Crippen molar-refractivity contribution in [1.29, 1.82) is 0 Å². The molecule has 0 aliphatic rings. The number of pyridine rings is 1. The summed E-state index contributed by atoms with van der Waals surface area (Å²) in [5.74, 6) is -0.480. The summed E-state index contributed by atoms with van der Waals surface area (Å²) in [5, 5.41) is 12.7. The Kier molecular flexibility index (Phi) is 5.21. The van der Waals surface area contributed by atoms with Crippen LogP contribution in [0.5, 0.6) is 5.75 Å². The van der Waals surface area contributed by atoms with E-state index in [-0.39, 0.29) is 23.3 Å². The number of nitrogens with zero attached hydrogens (tertiary/aromatic N) is 1. The third-order valence-corrected chi connectivity index (χ3v) is 2.72. The van der Waals surface area contributed by atoms with Crippen LogP contribution in [0.1, 0.15) is 10.4 Å². The second kappa shape index (κ2) is 6.44. The predicted octanol–water partition coefficient (Wildman–Crippen LogP) is 0.927. The fraction of sp³-hybridized carbons (Fsp3) is 0.400. The number of ether oxygens (including phenoxy) is 1. The third-order valence-electron chi connectivity index (χ3n) is 1.93. The van der Waals surface area contributed by atoms with E-state index in [1.807, 2.05) is 0 Å². The van der Waals surface area contributed by atoms with Crippen molar-refractivity contribution >= 4 is 21.8 Å². The molecule has 1 aromatic rings. The Balaban J connectivity index is 2.68. The Labute approximate surface area is 102 Å². The number of carbonyl (C=O) groups is 1. The molecule has 0 bridgehead atoms. The minimum Gasteiger partial charge on any atom is -0.505 e. The van der Waals surface area contributed by atoms with Gasteiger partial charge in [-0.25, -0.2) is 0 Å². The molecule has 1 heterocycles. The van der Waals surface area contributed by atoms with E-state index in [9.17, 15) is 9.90 Å². The normalized spacial score (nSPS) is 12.1. The standard InChI is InChI=1S/C10H13BrN2O3/c1-16-6-7(4-11)13-10(15)8-2-3-12-5-9(8)14/h2-3,5,7,14H,4,6H2,1H3,(H,13,15). The van der Waals surface area contributed by atoms with Crippen molar-refractivity contribution in [3.8, 4) is 5.75 Å². The number of carbonyl (C=O) groups excluding carboxylic acids is 1. The molecule has 2 N–H and O–H groups in total. The molecule has 16 heavy (non-hydrogen) atoms. The Hall–Kier alpha value is -1.14. The van der Waals surface area contributed by atoms with Crippen LogP contribution in [0.4, 0.5) is 0 Å². The maximum absolute atomic E-state index is 11.7. The van der Waals surface area contributed by atoms with Gasteiger partial charge in [0.25, 0.3) is 5.91 Å². The maximum atomic E-state index is 11.7. The van der Waals surface area contributed by atoms with Crippen LogP contribution in [0.25, 0.3) is 0 Å². The topological polar surface area (TPSA) is 71.5 Å². The van der Waals surface area contributed by atoms with Crippen LogP contribution >= 0.6 is 15.9 Å². The number of hydrogen-bond acceptors (Lipinski definition) is 4. The van der Waals surface area contributed by atoms with Crippen molar-refractivity contribution in [1.82, 2.24) is 10.3 Å². The average Bonchev–Trinajstić information content (AvgIpc) is 2.28. The quantitative estimate of drug-likeness (QED) is 0.791. The number of amides is 1. The lowest BCUT2D eigenvalue weighted by molar-refractivity contribution is 0.0905. The monoisotopic (exact) mass is 288 g/mol. The van der Waals surface area contributed by atoms with Crippen molar-refractivity contribution in [2.75, 3.05) is 19.0 Å². The maximum Gasteiger partial charge on any atom is 0.255 e. The summed E-state index contributed by atoms with van der Waals surface area (Å²) in [6.07, 6.45) is 2.68. The first-order valence-electron chi connectivity index (χ1n) is 4.67. The van der Waals surface area contributed by atoms with Gasteiger partial charge in [-0.3, -0.25) is 9.78 Å². The molecule has 0 aromatic carbocycles. The number of halogens is 1. The molecule has 6 heteroatoms. The van der Waals surface area contributed by atoms with Crippen LogP contribution < -0.4 is 5.32 Å². The van der Waals surface area contributed by atoms with Crippen LogP contribution in [0, 0.1) is 0 Å². The van der Waals surface area contributed by atoms with Crippen LogP contribution in [-0.4, -0.2) is 41.1 Å². The van der Waals surface area contributed by atoms with Gasteiger partial charge in [-0.2, -0.15) is 0 Å². The summed E-state index contributed by atoms with van der Waals surface area (Å²) in [6.45, 7) is 0.406. The molecule has 0 aliphatic heterocycles. The van der Waals surface area contributed by atoms with Gasteiger partial charge in [-0.05, 0) is 6.07 Å². The molecule has 1 atom stereocenters. The van der Waals surface area contributed by atoms with Crippen molar-refractivity contribution in [3.63, 3.8) is 0 Å². The molecule has 0 aliphatic carbocycles. The van der Waals surface area contributed by atoms with Gasteiger partial charge >= 0.3 is 0 Å². The summed E-state index contributed by atoms with van der Waals surface area (Å²) in [5.41, 5.74) is 0.206. The van der Waals surface area contributed by atoms with Gasteiger partial charge in [-0.1, -0.05) is 15.9 Å². The van der Waals surface area contributed by atoms with E-state index in [4.69, 9.17) is 4.74 Å². The average molecular weight is 289 g/mol. The third kappa shape index (κ3) is 3.46. The van der Waals surface area contributed by atoms with Crippen LogP contribution in [0.3, 0.4) is 0 Å². The second-order valence-corrected chi connectivity index (χ2v) is 3.82. The van der Waals surface area contributed by atoms with Crippen LogP contribution in [0.2, 0.25) is 0 Å². The summed E-state index contributed by atoms with van der Waals surface area (Å²) in [4.78, 5) is 15.4. The van der Waals surface area contributed by atoms with E-state index in [0.29, 0.717) is 11.9 Å². The molecule has 1 unspecified atom stereocenters. The summed E-state index contributed by atoms with van der Waals surface area (Å²) < 4.78 is 4.94. The molecule has 0 saturated carbocycles. The van der Waals surface area contributed by atoms with E-state index in [0.717, 1.165) is 0 Å². The molecule has 5 nitrogen and oxygen atoms in total. The molecule has 0 spiro atoms. The lowest BCUT2D eigenvalue weighted by atomic mass is 10.2. The largest absolute Gasteiger partial charge is 0.505 e. The molecular weight excluding hydrogens is 276 g/mol. The zero-order valence-corrected chi connectivity index (χ0v) is 10.4. The number of aromatic hydroxyl groups is 1. The summed E-state index contributed by atoms with van der Waals surface area (Å²) in [6, 6.07) is 1.33. The van der Waals surface area contributed by atoms with Gasteiger partial charge in [0.2, 0.25) is 0 Å². The van der Waals surface area contributed by atoms with Gasteiger partial charge < -0.3 is 15.2 Å². The molecular formula is C10H13BrN2O3. The van der Waals surface area contributed by atoms with Gasteiger partial charge in [0.05, 0.1) is 24.4 Å². The van der Waals surface area contributed by atoms with E-state index in [2.05, 4.69) is 26.2 Å². The molecule has 0 fully saturated rings. The number of hydrogen-bond donors (Lipinski definition) is 2. The lowest BCUT2D eigenvalue weighted by Crippen LogP contribution is -2.39. The smallest absolute Gasteiger partial charge is 0.255 e. The van der Waals surface area contributed by atoms with E-state index >= 15 is 0 Å². The second-order valence-electron chi connectivity index (χ2n) is 3.17. The minimum absolute atomic E-state index is 0.134. The highest BCUT2D eigenvalue weighted by molar-refractivity contribution is 9.09. The van der Waals surface area contributed by atoms with Gasteiger partial charge in [0.1, 0.15) is 5.75 Å². The van der Waals surface area contributed by atoms with Crippen molar-refractivity contribution in [2.24, 2.45) is 0 Å². The highest BCUT2D eigenvalue weighted by Gasteiger charge is 2.15. The van der Waals surface area contributed by atoms with Crippen molar-refractivity contribution < 1.29 is 14.6 Å². The first kappa shape index (κ1) is 12.9. The zero-order chi connectivity index (χ0) is 12.0. The predicted molar refractivity (Wildman–Crippen MR) is 62.8 cm³/mol. The zero-order valence-electron chi connectivity index (χ0n) is 8.81. The number of aromatic nitrogens is 1. The van der Waals surface area contributed by atoms with Crippen molar-refractivity contribution in [2.45, 2.75) is 6.04 Å². The van der Waals surface area contributed by atoms with Gasteiger partial charge in [0, 0.05) is 18.6 Å². The Bertz CT molecular complexity index is 360. The Morgan fingerprint density at radius 1 is 1.75 bits per heavy atom. The Morgan fingerprint density at radius 2 is 2.50 bits per heavy atom. The van der Waals surface area contributed by atoms with Gasteiger partial charge in [-0.15, -0.1) is 0 Å². The van der Waals surface area contributed by atoms with E-state index in [1.54, 1.807) is 7.11 Å².